The number of hydrogen-bond donors (Lipinski definition) is 4. The molecule has 0 spiro atoms. The number of methoxy groups -OCH3 is 2. The molecule has 4 N–H and O–H groups in total. The lowest BCUT2D eigenvalue weighted by Crippen LogP contribution is -2.33. The molecule has 1 aliphatic heterocycles. The maximum absolute atomic E-state index is 13.9. The summed E-state index contributed by atoms with van der Waals surface area (Å²) in [6.45, 7) is 5.19. The first-order chi connectivity index (χ1) is 18.8. The molecule has 0 atom stereocenters. The van der Waals surface area contributed by atoms with Crippen LogP contribution in [0, 0.1) is 12.7 Å². The maximum atomic E-state index is 13.9. The zero-order chi connectivity index (χ0) is 27.9. The Balaban J connectivity index is 1.74. The first-order valence-corrected chi connectivity index (χ1v) is 12.5. The van der Waals surface area contributed by atoms with Gasteiger partial charge in [-0.2, -0.15) is 0 Å². The Morgan fingerprint density at radius 3 is 2.31 bits per heavy atom. The number of nitrogens with zero attached hydrogens (tertiary/aromatic N) is 1. The molecular formula is C29H32FN5O4. The van der Waals surface area contributed by atoms with E-state index < -0.39 is 0 Å². The van der Waals surface area contributed by atoms with Crippen molar-refractivity contribution in [1.82, 2.24) is 16.0 Å². The molecular weight excluding hydrogens is 501 g/mol. The van der Waals surface area contributed by atoms with Gasteiger partial charge in [0.15, 0.2) is 5.96 Å². The monoisotopic (exact) mass is 533 g/mol. The van der Waals surface area contributed by atoms with Crippen LogP contribution in [0.3, 0.4) is 0 Å². The topological polar surface area (TPSA) is 113 Å². The van der Waals surface area contributed by atoms with Crippen LogP contribution in [-0.2, 0) is 17.9 Å². The molecule has 3 aromatic carbocycles. The number of hydrogen-bond acceptors (Lipinski definition) is 7. The van der Waals surface area contributed by atoms with Crippen LogP contribution in [0.25, 0.3) is 11.1 Å². The van der Waals surface area contributed by atoms with E-state index in [0.717, 1.165) is 17.7 Å². The highest BCUT2D eigenvalue weighted by Gasteiger charge is 2.21. The van der Waals surface area contributed by atoms with E-state index in [1.807, 2.05) is 6.07 Å². The molecule has 204 valence electrons. The quantitative estimate of drug-likeness (QED) is 0.333. The number of rotatable bonds is 9. The Labute approximate surface area is 226 Å². The predicted molar refractivity (Wildman–Crippen MR) is 149 cm³/mol. The van der Waals surface area contributed by atoms with E-state index in [0.29, 0.717) is 52.9 Å². The molecule has 0 saturated heterocycles. The summed E-state index contributed by atoms with van der Waals surface area (Å²) in [5, 5.41) is 12.2. The van der Waals surface area contributed by atoms with Crippen molar-refractivity contribution in [2.24, 2.45) is 4.99 Å². The smallest absolute Gasteiger partial charge is 0.253 e. The number of anilines is 1. The molecule has 9 nitrogen and oxygen atoms in total. The third-order valence-corrected chi connectivity index (χ3v) is 6.22. The number of ether oxygens (including phenoxy) is 2. The summed E-state index contributed by atoms with van der Waals surface area (Å²) in [6, 6.07) is 13.4. The third kappa shape index (κ3) is 6.84. The molecule has 0 radical (unpaired) electrons. The van der Waals surface area contributed by atoms with E-state index in [4.69, 9.17) is 9.47 Å². The molecule has 0 aliphatic carbocycles. The second-order valence-electron chi connectivity index (χ2n) is 9.12. The van der Waals surface area contributed by atoms with Crippen LogP contribution < -0.4 is 30.7 Å². The van der Waals surface area contributed by atoms with Gasteiger partial charge < -0.3 is 30.7 Å². The van der Waals surface area contributed by atoms with Crippen molar-refractivity contribution in [3.05, 3.63) is 76.6 Å². The van der Waals surface area contributed by atoms with E-state index in [-0.39, 0.29) is 29.7 Å². The lowest BCUT2D eigenvalue weighted by molar-refractivity contribution is -0.114. The van der Waals surface area contributed by atoms with Gasteiger partial charge in [-0.1, -0.05) is 6.07 Å². The van der Waals surface area contributed by atoms with Gasteiger partial charge in [0.1, 0.15) is 17.3 Å². The van der Waals surface area contributed by atoms with E-state index in [1.165, 1.54) is 19.1 Å². The van der Waals surface area contributed by atoms with Crippen molar-refractivity contribution >= 4 is 23.5 Å². The summed E-state index contributed by atoms with van der Waals surface area (Å²) >= 11 is 0. The van der Waals surface area contributed by atoms with Crippen molar-refractivity contribution in [2.75, 3.05) is 32.6 Å². The zero-order valence-electron chi connectivity index (χ0n) is 22.4. The fraction of sp³-hybridized carbons (Fsp3) is 0.276. The number of guanidine groups is 1. The minimum absolute atomic E-state index is 0.194. The molecule has 1 heterocycles. The van der Waals surface area contributed by atoms with Gasteiger partial charge in [-0.15, -0.1) is 0 Å². The van der Waals surface area contributed by atoms with Crippen molar-refractivity contribution in [1.29, 1.82) is 0 Å². The highest BCUT2D eigenvalue weighted by atomic mass is 19.1. The largest absolute Gasteiger partial charge is 0.497 e. The van der Waals surface area contributed by atoms with Gasteiger partial charge in [0, 0.05) is 38.2 Å². The zero-order valence-corrected chi connectivity index (χ0v) is 22.4. The van der Waals surface area contributed by atoms with Gasteiger partial charge in [-0.3, -0.25) is 14.6 Å². The summed E-state index contributed by atoms with van der Waals surface area (Å²) < 4.78 is 24.6. The average Bonchev–Trinajstić information content (AvgIpc) is 3.44. The molecule has 0 fully saturated rings. The number of aliphatic imine (C=N–C) groups is 1. The van der Waals surface area contributed by atoms with Gasteiger partial charge in [0.2, 0.25) is 5.91 Å². The van der Waals surface area contributed by atoms with Crippen molar-refractivity contribution in [3.63, 3.8) is 0 Å². The van der Waals surface area contributed by atoms with E-state index in [2.05, 4.69) is 26.3 Å². The molecule has 0 saturated carbocycles. The second-order valence-corrected chi connectivity index (χ2v) is 9.12. The SMILES string of the molecule is COc1cc(CNC(=O)c2cc(CNC3=NCCN3)cc(-c3ccc(F)cc3C)c2NC(C)=O)cc(OC)c1. The van der Waals surface area contributed by atoms with Gasteiger partial charge in [-0.05, 0) is 65.6 Å². The van der Waals surface area contributed by atoms with Crippen LogP contribution in [0.4, 0.5) is 10.1 Å². The third-order valence-electron chi connectivity index (χ3n) is 6.22. The normalized spacial score (nSPS) is 12.3. The Hall–Kier alpha value is -4.60. The maximum Gasteiger partial charge on any atom is 0.253 e. The fourth-order valence-electron chi connectivity index (χ4n) is 4.38. The molecule has 0 aromatic heterocycles. The number of benzene rings is 3. The van der Waals surface area contributed by atoms with Gasteiger partial charge >= 0.3 is 0 Å². The van der Waals surface area contributed by atoms with E-state index >= 15 is 0 Å². The summed E-state index contributed by atoms with van der Waals surface area (Å²) in [6.07, 6.45) is 0. The number of nitrogens with one attached hydrogen (secondary N) is 4. The molecule has 4 rings (SSSR count). The Morgan fingerprint density at radius 1 is 0.974 bits per heavy atom. The molecule has 0 unspecified atom stereocenters. The summed E-state index contributed by atoms with van der Waals surface area (Å²) in [4.78, 5) is 30.2. The summed E-state index contributed by atoms with van der Waals surface area (Å²) in [5.41, 5.74) is 4.16. The van der Waals surface area contributed by atoms with Crippen molar-refractivity contribution in [3.8, 4) is 22.6 Å². The van der Waals surface area contributed by atoms with Crippen LogP contribution in [0.5, 0.6) is 11.5 Å². The van der Waals surface area contributed by atoms with Crippen LogP contribution in [-0.4, -0.2) is 45.1 Å². The fourth-order valence-corrected chi connectivity index (χ4v) is 4.38. The van der Waals surface area contributed by atoms with Crippen LogP contribution in [0.1, 0.15) is 34.0 Å². The Bertz CT molecular complexity index is 1400. The number of aryl methyl sites for hydroxylation is 1. The van der Waals surface area contributed by atoms with Crippen molar-refractivity contribution < 1.29 is 23.5 Å². The molecule has 39 heavy (non-hydrogen) atoms. The highest BCUT2D eigenvalue weighted by Crippen LogP contribution is 2.35. The summed E-state index contributed by atoms with van der Waals surface area (Å²) in [7, 11) is 3.12. The van der Waals surface area contributed by atoms with Gasteiger partial charge in [0.05, 0.1) is 32.0 Å². The number of carbonyl (C=O) groups excluding carboxylic acids is 2. The molecule has 3 aromatic rings. The van der Waals surface area contributed by atoms with Crippen LogP contribution in [0.15, 0.2) is 53.5 Å². The van der Waals surface area contributed by atoms with Crippen LogP contribution in [0.2, 0.25) is 0 Å². The molecule has 0 bridgehead atoms. The molecule has 10 heteroatoms. The van der Waals surface area contributed by atoms with E-state index in [1.54, 1.807) is 51.5 Å². The number of amides is 2. The van der Waals surface area contributed by atoms with E-state index in [9.17, 15) is 14.0 Å². The first-order valence-electron chi connectivity index (χ1n) is 12.5. The average molecular weight is 534 g/mol. The first kappa shape index (κ1) is 27.4. The Morgan fingerprint density at radius 2 is 1.69 bits per heavy atom. The second kappa shape index (κ2) is 12.3. The molecule has 1 aliphatic rings. The number of halogens is 1. The lowest BCUT2D eigenvalue weighted by atomic mass is 9.93. The van der Waals surface area contributed by atoms with Crippen LogP contribution >= 0.6 is 0 Å². The molecule has 2 amide bonds. The summed E-state index contributed by atoms with van der Waals surface area (Å²) in [5.74, 6) is 0.787. The lowest BCUT2D eigenvalue weighted by Gasteiger charge is -2.19. The van der Waals surface area contributed by atoms with Gasteiger partial charge in [-0.25, -0.2) is 4.39 Å². The minimum atomic E-state index is -0.389. The predicted octanol–water partition coefficient (Wildman–Crippen LogP) is 3.76. The van der Waals surface area contributed by atoms with Crippen molar-refractivity contribution in [2.45, 2.75) is 26.9 Å². The highest BCUT2D eigenvalue weighted by molar-refractivity contribution is 6.08. The Kier molecular flexibility index (Phi) is 8.65. The van der Waals surface area contributed by atoms with Gasteiger partial charge in [0.25, 0.3) is 5.91 Å². The minimum Gasteiger partial charge on any atom is -0.497 e. The number of carbonyl (C=O) groups is 2. The standard InChI is InChI=1S/C29H32FN5O4/c1-17-9-21(30)5-6-24(17)25-12-20(16-34-29-31-7-8-32-29)13-26(27(25)35-18(2)36)28(37)33-15-19-10-22(38-3)14-23(11-19)39-4/h5-6,9-14H,7-8,15-16H2,1-4H3,(H,33,37)(H,35,36)(H2,31,32,34).